The van der Waals surface area contributed by atoms with Crippen molar-refractivity contribution in [1.29, 1.82) is 0 Å². The quantitative estimate of drug-likeness (QED) is 0.701. The summed E-state index contributed by atoms with van der Waals surface area (Å²) in [5.41, 5.74) is 0. The van der Waals surface area contributed by atoms with E-state index in [0.717, 1.165) is 31.8 Å². The van der Waals surface area contributed by atoms with Crippen molar-refractivity contribution in [3.63, 3.8) is 0 Å². The second-order valence-electron chi connectivity index (χ2n) is 3.54. The monoisotopic (exact) mass is 202 g/mol. The van der Waals surface area contributed by atoms with Crippen molar-refractivity contribution < 1.29 is 4.79 Å². The molecule has 0 saturated carbocycles. The number of nitrogens with one attached hydrogen (secondary N) is 1. The van der Waals surface area contributed by atoms with Gasteiger partial charge in [0.05, 0.1) is 0 Å². The predicted octanol–water partition coefficient (Wildman–Crippen LogP) is 0.417. The Hall–Kier alpha value is -0.220. The first-order valence-electron chi connectivity index (χ1n) is 4.67. The number of rotatable bonds is 5. The van der Waals surface area contributed by atoms with Crippen LogP contribution in [-0.4, -0.2) is 49.5 Å². The minimum Gasteiger partial charge on any atom is -0.345 e. The minimum atomic E-state index is 0.292. The predicted molar refractivity (Wildman–Crippen MR) is 57.0 cm³/mol. The Morgan fingerprint density at radius 2 is 2.31 bits per heavy atom. The van der Waals surface area contributed by atoms with Gasteiger partial charge in [-0.15, -0.1) is 0 Å². The van der Waals surface area contributed by atoms with Crippen LogP contribution in [0, 0.1) is 5.92 Å². The van der Waals surface area contributed by atoms with Gasteiger partial charge < -0.3 is 10.2 Å². The maximum absolute atomic E-state index is 11.5. The molecule has 0 aliphatic carbocycles. The maximum Gasteiger partial charge on any atom is 0.222 e. The van der Waals surface area contributed by atoms with Crippen molar-refractivity contribution >= 4 is 17.7 Å². The number of carbonyl (C=O) groups is 1. The fraction of sp³-hybridized carbons (Fsp3) is 0.889. The van der Waals surface area contributed by atoms with E-state index in [1.807, 2.05) is 11.9 Å². The van der Waals surface area contributed by atoms with Crippen LogP contribution in [0.3, 0.4) is 0 Å². The van der Waals surface area contributed by atoms with Gasteiger partial charge in [-0.2, -0.15) is 11.8 Å². The van der Waals surface area contributed by atoms with Crippen LogP contribution in [0.1, 0.15) is 6.42 Å². The van der Waals surface area contributed by atoms with Gasteiger partial charge in [0.25, 0.3) is 0 Å². The van der Waals surface area contributed by atoms with Crippen molar-refractivity contribution in [3.05, 3.63) is 0 Å². The molecular formula is C9H18N2OS. The molecule has 0 radical (unpaired) electrons. The lowest BCUT2D eigenvalue weighted by molar-refractivity contribution is -0.131. The Bertz CT molecular complexity index is 171. The molecule has 0 aromatic rings. The molecule has 1 saturated heterocycles. The first-order chi connectivity index (χ1) is 6.24. The number of hydrogen-bond acceptors (Lipinski definition) is 3. The zero-order chi connectivity index (χ0) is 9.68. The molecule has 1 rings (SSSR count). The van der Waals surface area contributed by atoms with E-state index in [4.69, 9.17) is 0 Å². The van der Waals surface area contributed by atoms with Gasteiger partial charge >= 0.3 is 0 Å². The van der Waals surface area contributed by atoms with Gasteiger partial charge in [0, 0.05) is 25.8 Å². The van der Waals surface area contributed by atoms with E-state index in [2.05, 4.69) is 11.6 Å². The number of amides is 1. The summed E-state index contributed by atoms with van der Waals surface area (Å²) in [5.74, 6) is 1.91. The second-order valence-corrected chi connectivity index (χ2v) is 4.52. The highest BCUT2D eigenvalue weighted by Gasteiger charge is 2.21. The highest BCUT2D eigenvalue weighted by molar-refractivity contribution is 7.98. The van der Waals surface area contributed by atoms with Crippen molar-refractivity contribution in [2.75, 3.05) is 38.7 Å². The van der Waals surface area contributed by atoms with Crippen LogP contribution in [0.2, 0.25) is 0 Å². The molecular weight excluding hydrogens is 184 g/mol. The molecule has 1 N–H and O–H groups in total. The lowest BCUT2D eigenvalue weighted by Gasteiger charge is -2.28. The molecule has 0 aromatic carbocycles. The van der Waals surface area contributed by atoms with E-state index < -0.39 is 0 Å². The zero-order valence-electron chi connectivity index (χ0n) is 8.38. The van der Waals surface area contributed by atoms with E-state index in [0.29, 0.717) is 11.8 Å². The highest BCUT2D eigenvalue weighted by atomic mass is 32.2. The minimum absolute atomic E-state index is 0.292. The van der Waals surface area contributed by atoms with Crippen molar-refractivity contribution in [3.8, 4) is 0 Å². The van der Waals surface area contributed by atoms with Gasteiger partial charge in [0.2, 0.25) is 5.91 Å². The molecule has 1 aliphatic heterocycles. The molecule has 4 heteroatoms. The summed E-state index contributed by atoms with van der Waals surface area (Å²) < 4.78 is 0. The number of nitrogens with zero attached hydrogens (tertiary/aromatic N) is 1. The van der Waals surface area contributed by atoms with Crippen LogP contribution in [0.25, 0.3) is 0 Å². The third-order valence-corrected chi connectivity index (χ3v) is 2.98. The summed E-state index contributed by atoms with van der Waals surface area (Å²) in [6.45, 7) is 2.91. The normalized spacial score (nSPS) is 16.8. The average molecular weight is 202 g/mol. The van der Waals surface area contributed by atoms with Crippen molar-refractivity contribution in [2.45, 2.75) is 6.42 Å². The largest absolute Gasteiger partial charge is 0.345 e. The summed E-state index contributed by atoms with van der Waals surface area (Å²) in [4.78, 5) is 13.4. The summed E-state index contributed by atoms with van der Waals surface area (Å²) >= 11 is 1.78. The smallest absolute Gasteiger partial charge is 0.222 e. The summed E-state index contributed by atoms with van der Waals surface area (Å²) in [6, 6.07) is 0. The molecule has 1 amide bonds. The Morgan fingerprint density at radius 3 is 2.77 bits per heavy atom. The first kappa shape index (κ1) is 10.9. The van der Waals surface area contributed by atoms with Gasteiger partial charge in [-0.1, -0.05) is 0 Å². The van der Waals surface area contributed by atoms with E-state index in [1.165, 1.54) is 0 Å². The Kier molecular flexibility index (Phi) is 4.59. The lowest BCUT2D eigenvalue weighted by Crippen LogP contribution is -2.45. The van der Waals surface area contributed by atoms with Gasteiger partial charge in [-0.25, -0.2) is 0 Å². The molecule has 0 unspecified atom stereocenters. The van der Waals surface area contributed by atoms with Crippen LogP contribution in [0.15, 0.2) is 0 Å². The lowest BCUT2D eigenvalue weighted by atomic mass is 9.99. The van der Waals surface area contributed by atoms with Gasteiger partial charge in [-0.05, 0) is 25.3 Å². The zero-order valence-corrected chi connectivity index (χ0v) is 9.19. The summed E-state index contributed by atoms with van der Waals surface area (Å²) in [6.07, 6.45) is 2.78. The average Bonchev–Trinajstić information content (AvgIpc) is 2.06. The third-order valence-electron chi connectivity index (χ3n) is 2.39. The van der Waals surface area contributed by atoms with Crippen LogP contribution in [-0.2, 0) is 4.79 Å². The number of hydrogen-bond donors (Lipinski definition) is 1. The molecule has 0 bridgehead atoms. The molecule has 1 fully saturated rings. The van der Waals surface area contributed by atoms with Gasteiger partial charge in [-0.3, -0.25) is 4.79 Å². The fourth-order valence-electron chi connectivity index (χ4n) is 1.25. The molecule has 1 aliphatic rings. The molecule has 0 spiro atoms. The first-order valence-corrected chi connectivity index (χ1v) is 6.07. The van der Waals surface area contributed by atoms with Crippen molar-refractivity contribution in [1.82, 2.24) is 10.2 Å². The summed E-state index contributed by atoms with van der Waals surface area (Å²) in [5, 5.41) is 3.17. The number of carbonyl (C=O) groups excluding carboxylic acids is 1. The van der Waals surface area contributed by atoms with Crippen LogP contribution in [0.5, 0.6) is 0 Å². The highest BCUT2D eigenvalue weighted by Crippen LogP contribution is 2.09. The Labute approximate surface area is 84.2 Å². The van der Waals surface area contributed by atoms with Gasteiger partial charge in [0.15, 0.2) is 0 Å². The second kappa shape index (κ2) is 5.50. The molecule has 0 atom stereocenters. The standard InChI is InChI=1S/C9H18N2OS/c1-11(3-4-13-2)9(12)5-8-6-10-7-8/h8,10H,3-7H2,1-2H3. The molecule has 0 aromatic heterocycles. The van der Waals surface area contributed by atoms with Crippen LogP contribution >= 0.6 is 11.8 Å². The molecule has 3 nitrogen and oxygen atoms in total. The van der Waals surface area contributed by atoms with E-state index >= 15 is 0 Å². The molecule has 76 valence electrons. The van der Waals surface area contributed by atoms with Crippen LogP contribution in [0.4, 0.5) is 0 Å². The maximum atomic E-state index is 11.5. The Balaban J connectivity index is 2.13. The van der Waals surface area contributed by atoms with E-state index in [1.54, 1.807) is 11.8 Å². The third kappa shape index (κ3) is 3.56. The van der Waals surface area contributed by atoms with Gasteiger partial charge in [0.1, 0.15) is 0 Å². The van der Waals surface area contributed by atoms with E-state index in [9.17, 15) is 4.79 Å². The Morgan fingerprint density at radius 1 is 1.62 bits per heavy atom. The topological polar surface area (TPSA) is 32.3 Å². The molecule has 13 heavy (non-hydrogen) atoms. The van der Waals surface area contributed by atoms with E-state index in [-0.39, 0.29) is 0 Å². The molecule has 1 heterocycles. The van der Waals surface area contributed by atoms with Crippen molar-refractivity contribution in [2.24, 2.45) is 5.92 Å². The van der Waals surface area contributed by atoms with Crippen LogP contribution < -0.4 is 5.32 Å². The summed E-state index contributed by atoms with van der Waals surface area (Å²) in [7, 11) is 1.89. The number of thioether (sulfide) groups is 1. The SMILES string of the molecule is CSCCN(C)C(=O)CC1CNC1. The fourth-order valence-corrected chi connectivity index (χ4v) is 1.70.